The Morgan fingerprint density at radius 2 is 1.07 bits per heavy atom. The highest BCUT2D eigenvalue weighted by Gasteiger charge is 2.39. The molecule has 0 radical (unpaired) electrons. The van der Waals surface area contributed by atoms with Crippen molar-refractivity contribution >= 4 is 23.5 Å². The Hall–Kier alpha value is -3.72. The van der Waals surface area contributed by atoms with Gasteiger partial charge in [0.25, 0.3) is 0 Å². The Labute approximate surface area is 513 Å². The van der Waals surface area contributed by atoms with Crippen LogP contribution in [0.3, 0.4) is 0 Å². The number of carbonyl (C=O) groups excluding carboxylic acids is 3. The summed E-state index contributed by atoms with van der Waals surface area (Å²) in [5.41, 5.74) is -1.20. The number of halogens is 3. The SMILES string of the molecule is CCCCC(C)NCCOCCOCCOCC(=O)NC(COCCC(=O)NCCOCCOCCOCCOC[C@H]1OC[C@H](Nc2cncc(C(F)(F)F)n2)[C@@H](O)[C@H]1O)COCCC(=O)NCCOCCOCCOCCOC[C@H]1OCC[C@@H](O)[C@H]1O. The summed E-state index contributed by atoms with van der Waals surface area (Å²) in [6, 6.07) is -1.10. The summed E-state index contributed by atoms with van der Waals surface area (Å²) in [5, 5.41) is 55.1. The number of carbonyl (C=O) groups is 3. The summed E-state index contributed by atoms with van der Waals surface area (Å²) >= 11 is 0. The highest BCUT2D eigenvalue weighted by Crippen LogP contribution is 2.28. The molecule has 0 bridgehead atoms. The van der Waals surface area contributed by atoms with Gasteiger partial charge in [0.2, 0.25) is 17.7 Å². The maximum atomic E-state index is 13.0. The van der Waals surface area contributed by atoms with Crippen molar-refractivity contribution in [2.45, 2.75) is 113 Å². The number of hydrogen-bond donors (Lipinski definition) is 9. The Bertz CT molecular complexity index is 1900. The van der Waals surface area contributed by atoms with Crippen LogP contribution in [-0.4, -0.2) is 307 Å². The molecule has 88 heavy (non-hydrogen) atoms. The molecular formula is C56H100F3N7O22. The van der Waals surface area contributed by atoms with Crippen LogP contribution in [0.15, 0.2) is 12.4 Å². The van der Waals surface area contributed by atoms with E-state index in [9.17, 15) is 48.0 Å². The topological polar surface area (TPSA) is 357 Å². The first kappa shape index (κ1) is 78.5. The highest BCUT2D eigenvalue weighted by atomic mass is 19.4. The van der Waals surface area contributed by atoms with Gasteiger partial charge in [-0.15, -0.1) is 0 Å². The van der Waals surface area contributed by atoms with Crippen molar-refractivity contribution in [3.63, 3.8) is 0 Å². The second-order valence-corrected chi connectivity index (χ2v) is 20.4. The van der Waals surface area contributed by atoms with Crippen molar-refractivity contribution in [3.05, 3.63) is 18.1 Å². The number of nitrogens with zero attached hydrogens (tertiary/aromatic N) is 2. The fraction of sp³-hybridized carbons (Fsp3) is 0.875. The van der Waals surface area contributed by atoms with E-state index in [0.717, 1.165) is 19.2 Å². The van der Waals surface area contributed by atoms with E-state index in [2.05, 4.69) is 50.4 Å². The number of nitrogens with one attached hydrogen (secondary N) is 5. The average molecular weight is 1280 g/mol. The third kappa shape index (κ3) is 39.5. The first-order chi connectivity index (χ1) is 42.7. The molecule has 2 saturated heterocycles. The van der Waals surface area contributed by atoms with E-state index in [4.69, 9.17) is 71.1 Å². The standard InChI is InChI=1S/C56H100F3N7O22/c1-3-4-5-42(2)61-9-15-74-18-23-79-30-33-86-41-52(70)64-43(36-82-12-7-50(68)62-10-16-75-19-21-77-24-26-80-28-31-84-39-46-54(72)45(67)6-14-87-46)37-83-13-8-51(69)63-11-17-76-20-22-78-25-27-81-29-32-85-40-47-55(73)53(71)44(38-88-47)65-49-35-60-34-48(66-49)56(57,58)59/h34-35,42-47,53-55,61,67,71-73H,3-33,36-41H2,1-2H3,(H,62,68)(H,63,69)(H,64,70)(H,65,66)/t42?,43?,44-,45+,46+,47+,53+,54+,55-/m0/s1. The van der Waals surface area contributed by atoms with Gasteiger partial charge in [0.05, 0.1) is 202 Å². The minimum absolute atomic E-state index is 0.0203. The van der Waals surface area contributed by atoms with Crippen LogP contribution in [0.2, 0.25) is 0 Å². The lowest BCUT2D eigenvalue weighted by atomic mass is 9.98. The van der Waals surface area contributed by atoms with Gasteiger partial charge >= 0.3 is 6.18 Å². The molecule has 0 aromatic carbocycles. The van der Waals surface area contributed by atoms with Crippen LogP contribution in [-0.2, 0) is 91.6 Å². The fourth-order valence-electron chi connectivity index (χ4n) is 8.12. The second kappa shape index (κ2) is 50.9. The van der Waals surface area contributed by atoms with Gasteiger partial charge in [0.15, 0.2) is 5.69 Å². The van der Waals surface area contributed by atoms with Crippen molar-refractivity contribution in [3.8, 4) is 0 Å². The molecule has 2 fully saturated rings. The van der Waals surface area contributed by atoms with Gasteiger partial charge in [0, 0.05) is 45.1 Å². The van der Waals surface area contributed by atoms with Crippen LogP contribution in [0.1, 0.15) is 58.1 Å². The van der Waals surface area contributed by atoms with E-state index in [1.165, 1.54) is 12.8 Å². The summed E-state index contributed by atoms with van der Waals surface area (Å²) in [4.78, 5) is 44.7. The third-order valence-electron chi connectivity index (χ3n) is 13.0. The minimum Gasteiger partial charge on any atom is -0.390 e. The number of aliphatic hydroxyl groups excluding tert-OH is 4. The van der Waals surface area contributed by atoms with Crippen LogP contribution in [0.4, 0.5) is 19.0 Å². The maximum absolute atomic E-state index is 13.0. The molecule has 3 amide bonds. The third-order valence-corrected chi connectivity index (χ3v) is 13.0. The Kier molecular flexibility index (Phi) is 45.4. The van der Waals surface area contributed by atoms with Crippen LogP contribution in [0.25, 0.3) is 0 Å². The lowest BCUT2D eigenvalue weighted by Crippen LogP contribution is -2.57. The highest BCUT2D eigenvalue weighted by molar-refractivity contribution is 5.77. The van der Waals surface area contributed by atoms with E-state index >= 15 is 0 Å². The first-order valence-corrected chi connectivity index (χ1v) is 30.4. The largest absolute Gasteiger partial charge is 0.434 e. The Balaban J connectivity index is 1.18. The summed E-state index contributed by atoms with van der Waals surface area (Å²) in [6.45, 7) is 11.8. The minimum atomic E-state index is -4.70. The smallest absolute Gasteiger partial charge is 0.390 e. The zero-order valence-corrected chi connectivity index (χ0v) is 51.2. The predicted octanol–water partition coefficient (Wildman–Crippen LogP) is -1.21. The van der Waals surface area contributed by atoms with E-state index < -0.39 is 66.5 Å². The number of anilines is 1. The monoisotopic (exact) mass is 1280 g/mol. The zero-order valence-electron chi connectivity index (χ0n) is 51.2. The predicted molar refractivity (Wildman–Crippen MR) is 307 cm³/mol. The van der Waals surface area contributed by atoms with Gasteiger partial charge in [-0.2, -0.15) is 13.2 Å². The second-order valence-electron chi connectivity index (χ2n) is 20.4. The number of aromatic nitrogens is 2. The number of unbranched alkanes of at least 4 members (excludes halogenated alkanes) is 1. The summed E-state index contributed by atoms with van der Waals surface area (Å²) in [5.74, 6) is -1.16. The molecule has 0 saturated carbocycles. The number of rotatable bonds is 56. The molecule has 3 rings (SSSR count). The van der Waals surface area contributed by atoms with Gasteiger partial charge in [-0.05, 0) is 19.8 Å². The maximum Gasteiger partial charge on any atom is 0.434 e. The molecule has 1 aromatic rings. The number of hydrogen-bond acceptors (Lipinski definition) is 26. The first-order valence-electron chi connectivity index (χ1n) is 30.4. The van der Waals surface area contributed by atoms with Crippen molar-refractivity contribution in [2.24, 2.45) is 0 Å². The average Bonchev–Trinajstić information content (AvgIpc) is 3.64. The zero-order chi connectivity index (χ0) is 63.7. The van der Waals surface area contributed by atoms with Crippen LogP contribution < -0.4 is 26.6 Å². The molecule has 1 aromatic heterocycles. The number of aliphatic hydroxyl groups is 4. The molecule has 2 unspecified atom stereocenters. The quantitative estimate of drug-likeness (QED) is 0.0346. The van der Waals surface area contributed by atoms with Crippen LogP contribution >= 0.6 is 0 Å². The normalized spacial score (nSPS) is 20.4. The van der Waals surface area contributed by atoms with Crippen LogP contribution in [0, 0.1) is 0 Å². The van der Waals surface area contributed by atoms with Crippen LogP contribution in [0.5, 0.6) is 0 Å². The van der Waals surface area contributed by atoms with E-state index in [1.54, 1.807) is 0 Å². The van der Waals surface area contributed by atoms with E-state index in [0.29, 0.717) is 84.7 Å². The van der Waals surface area contributed by atoms with Crippen molar-refractivity contribution < 1.29 is 119 Å². The Morgan fingerprint density at radius 1 is 0.591 bits per heavy atom. The lowest BCUT2D eigenvalue weighted by molar-refractivity contribution is -0.161. The van der Waals surface area contributed by atoms with Gasteiger partial charge in [-0.1, -0.05) is 19.8 Å². The molecule has 2 aliphatic heterocycles. The summed E-state index contributed by atoms with van der Waals surface area (Å²) < 4.78 is 122. The molecular weight excluding hydrogens is 1180 g/mol. The van der Waals surface area contributed by atoms with Gasteiger partial charge in [0.1, 0.15) is 42.9 Å². The molecule has 512 valence electrons. The van der Waals surface area contributed by atoms with Gasteiger partial charge in [-0.3, -0.25) is 19.4 Å². The number of ether oxygens (including phenoxy) is 15. The van der Waals surface area contributed by atoms with Gasteiger partial charge in [-0.25, -0.2) is 4.98 Å². The van der Waals surface area contributed by atoms with Gasteiger partial charge < -0.3 is 118 Å². The molecule has 9 N–H and O–H groups in total. The summed E-state index contributed by atoms with van der Waals surface area (Å²) in [6.07, 6.45) is -5.03. The Morgan fingerprint density at radius 3 is 1.58 bits per heavy atom. The molecule has 0 aliphatic carbocycles. The molecule has 2 aliphatic rings. The molecule has 32 heteroatoms. The number of alkyl halides is 3. The van der Waals surface area contributed by atoms with Crippen molar-refractivity contribution in [2.75, 3.05) is 210 Å². The van der Waals surface area contributed by atoms with E-state index in [1.807, 2.05) is 0 Å². The molecule has 9 atom stereocenters. The number of amides is 3. The summed E-state index contributed by atoms with van der Waals surface area (Å²) in [7, 11) is 0. The lowest BCUT2D eigenvalue weighted by Gasteiger charge is -2.38. The van der Waals surface area contributed by atoms with E-state index in [-0.39, 0.29) is 162 Å². The van der Waals surface area contributed by atoms with Crippen molar-refractivity contribution in [1.82, 2.24) is 31.2 Å². The molecule has 3 heterocycles. The molecule has 0 spiro atoms. The van der Waals surface area contributed by atoms with Crippen molar-refractivity contribution in [1.29, 1.82) is 0 Å². The molecule has 29 nitrogen and oxygen atoms in total. The fourth-order valence-corrected chi connectivity index (χ4v) is 8.12.